The zero-order chi connectivity index (χ0) is 16.0. The van der Waals surface area contributed by atoms with Gasteiger partial charge in [0.1, 0.15) is 24.4 Å². The molecule has 0 aromatic carbocycles. The molecule has 22 heavy (non-hydrogen) atoms. The van der Waals surface area contributed by atoms with Gasteiger partial charge < -0.3 is 33.2 Å². The molecule has 3 heterocycles. The first-order chi connectivity index (χ1) is 10.3. The summed E-state index contributed by atoms with van der Waals surface area (Å²) in [5.74, 6) is -1.28. The van der Waals surface area contributed by atoms with Gasteiger partial charge >= 0.3 is 0 Å². The molecule has 0 bridgehead atoms. The molecule has 7 nitrogen and oxygen atoms in total. The van der Waals surface area contributed by atoms with Gasteiger partial charge in [0.25, 0.3) is 0 Å². The van der Waals surface area contributed by atoms with Crippen molar-refractivity contribution in [1.29, 1.82) is 0 Å². The standard InChI is InChI=1S/C15H26O7/c1-14(2)18-8-9(20-14)10-11(17-7-6-16-5)12-13(19-10)22-15(3,4)21-12/h9-13H,6-8H2,1-5H3/t9-,10-,11-,12-,13?/m1/s1. The Kier molecular flexibility index (Phi) is 4.50. The Balaban J connectivity index is 1.69. The molecular formula is C15H26O7. The fraction of sp³-hybridized carbons (Fsp3) is 1.00. The highest BCUT2D eigenvalue weighted by Gasteiger charge is 2.58. The minimum Gasteiger partial charge on any atom is -0.382 e. The maximum atomic E-state index is 6.02. The summed E-state index contributed by atoms with van der Waals surface area (Å²) in [6.45, 7) is 8.95. The predicted octanol–water partition coefficient (Wildman–Crippen LogP) is 1.05. The van der Waals surface area contributed by atoms with Gasteiger partial charge in [-0.05, 0) is 27.7 Å². The molecule has 3 aliphatic rings. The second kappa shape index (κ2) is 5.98. The van der Waals surface area contributed by atoms with Crippen molar-refractivity contribution in [1.82, 2.24) is 0 Å². The number of rotatable bonds is 5. The highest BCUT2D eigenvalue weighted by Crippen LogP contribution is 2.41. The van der Waals surface area contributed by atoms with E-state index < -0.39 is 17.9 Å². The third-order valence-corrected chi connectivity index (χ3v) is 4.02. The van der Waals surface area contributed by atoms with Crippen molar-refractivity contribution in [2.45, 2.75) is 70.0 Å². The van der Waals surface area contributed by atoms with Gasteiger partial charge in [-0.15, -0.1) is 0 Å². The molecule has 0 saturated carbocycles. The van der Waals surface area contributed by atoms with Crippen LogP contribution >= 0.6 is 0 Å². The zero-order valence-electron chi connectivity index (χ0n) is 13.9. The maximum absolute atomic E-state index is 6.02. The van der Waals surface area contributed by atoms with Gasteiger partial charge in [0.2, 0.25) is 0 Å². The van der Waals surface area contributed by atoms with Gasteiger partial charge in [-0.3, -0.25) is 0 Å². The fourth-order valence-electron chi connectivity index (χ4n) is 3.14. The van der Waals surface area contributed by atoms with Gasteiger partial charge in [0, 0.05) is 7.11 Å². The molecule has 0 N–H and O–H groups in total. The number of hydrogen-bond donors (Lipinski definition) is 0. The average molecular weight is 318 g/mol. The molecule has 0 radical (unpaired) electrons. The topological polar surface area (TPSA) is 64.6 Å². The summed E-state index contributed by atoms with van der Waals surface area (Å²) in [6, 6.07) is 0. The molecule has 0 aromatic rings. The van der Waals surface area contributed by atoms with Crippen LogP contribution in [0.4, 0.5) is 0 Å². The lowest BCUT2D eigenvalue weighted by atomic mass is 10.1. The lowest BCUT2D eigenvalue weighted by Crippen LogP contribution is -2.44. The number of ether oxygens (including phenoxy) is 7. The monoisotopic (exact) mass is 318 g/mol. The minimum absolute atomic E-state index is 0.205. The molecule has 0 spiro atoms. The summed E-state index contributed by atoms with van der Waals surface area (Å²) in [5, 5.41) is 0. The molecule has 3 fully saturated rings. The molecule has 128 valence electrons. The van der Waals surface area contributed by atoms with Crippen LogP contribution in [0.1, 0.15) is 27.7 Å². The van der Waals surface area contributed by atoms with E-state index in [4.69, 9.17) is 33.2 Å². The van der Waals surface area contributed by atoms with Crippen molar-refractivity contribution < 1.29 is 33.2 Å². The van der Waals surface area contributed by atoms with Crippen LogP contribution in [0, 0.1) is 0 Å². The van der Waals surface area contributed by atoms with Crippen LogP contribution in [0.5, 0.6) is 0 Å². The Bertz CT molecular complexity index is 397. The third kappa shape index (κ3) is 3.31. The van der Waals surface area contributed by atoms with Crippen LogP contribution in [0.3, 0.4) is 0 Å². The number of hydrogen-bond acceptors (Lipinski definition) is 7. The Hall–Kier alpha value is -0.280. The van der Waals surface area contributed by atoms with Crippen LogP contribution in [0.15, 0.2) is 0 Å². The summed E-state index contributed by atoms with van der Waals surface area (Å²) in [5.41, 5.74) is 0. The van der Waals surface area contributed by atoms with Gasteiger partial charge in [-0.25, -0.2) is 0 Å². The van der Waals surface area contributed by atoms with Crippen LogP contribution in [-0.2, 0) is 33.2 Å². The first-order valence-corrected chi connectivity index (χ1v) is 7.75. The van der Waals surface area contributed by atoms with E-state index >= 15 is 0 Å². The second-order valence-electron chi connectivity index (χ2n) is 6.76. The predicted molar refractivity (Wildman–Crippen MR) is 75.2 cm³/mol. The van der Waals surface area contributed by atoms with Crippen LogP contribution in [0.25, 0.3) is 0 Å². The van der Waals surface area contributed by atoms with Gasteiger partial charge in [0.15, 0.2) is 17.9 Å². The average Bonchev–Trinajstić information content (AvgIpc) is 3.01. The quantitative estimate of drug-likeness (QED) is 0.702. The molecule has 0 amide bonds. The van der Waals surface area contributed by atoms with E-state index in [1.807, 2.05) is 27.7 Å². The lowest BCUT2D eigenvalue weighted by Gasteiger charge is -2.29. The molecule has 5 atom stereocenters. The van der Waals surface area contributed by atoms with Gasteiger partial charge in [0.05, 0.1) is 19.8 Å². The molecule has 3 saturated heterocycles. The van der Waals surface area contributed by atoms with E-state index in [2.05, 4.69) is 0 Å². The molecule has 3 aliphatic heterocycles. The van der Waals surface area contributed by atoms with Crippen LogP contribution < -0.4 is 0 Å². The Morgan fingerprint density at radius 1 is 0.955 bits per heavy atom. The first-order valence-electron chi connectivity index (χ1n) is 7.75. The van der Waals surface area contributed by atoms with Crippen LogP contribution in [0.2, 0.25) is 0 Å². The van der Waals surface area contributed by atoms with Crippen molar-refractivity contribution in [3.63, 3.8) is 0 Å². The van der Waals surface area contributed by atoms with Crippen molar-refractivity contribution in [3.05, 3.63) is 0 Å². The van der Waals surface area contributed by atoms with E-state index in [0.29, 0.717) is 19.8 Å². The van der Waals surface area contributed by atoms with Crippen molar-refractivity contribution in [2.75, 3.05) is 26.9 Å². The van der Waals surface area contributed by atoms with E-state index in [-0.39, 0.29) is 24.4 Å². The minimum atomic E-state index is -0.671. The van der Waals surface area contributed by atoms with E-state index in [1.165, 1.54) is 0 Å². The second-order valence-corrected chi connectivity index (χ2v) is 6.76. The molecule has 7 heteroatoms. The number of fused-ring (bicyclic) bond motifs is 1. The van der Waals surface area contributed by atoms with Crippen molar-refractivity contribution in [3.8, 4) is 0 Å². The van der Waals surface area contributed by atoms with Gasteiger partial charge in [-0.1, -0.05) is 0 Å². The summed E-state index contributed by atoms with van der Waals surface area (Å²) in [7, 11) is 1.64. The van der Waals surface area contributed by atoms with Gasteiger partial charge in [-0.2, -0.15) is 0 Å². The first kappa shape index (κ1) is 16.6. The van der Waals surface area contributed by atoms with Crippen molar-refractivity contribution >= 4 is 0 Å². The lowest BCUT2D eigenvalue weighted by molar-refractivity contribution is -0.236. The maximum Gasteiger partial charge on any atom is 0.190 e. The van der Waals surface area contributed by atoms with E-state index in [9.17, 15) is 0 Å². The van der Waals surface area contributed by atoms with Crippen molar-refractivity contribution in [2.24, 2.45) is 0 Å². The molecule has 3 rings (SSSR count). The summed E-state index contributed by atoms with van der Waals surface area (Å²) in [6.07, 6.45) is -1.48. The highest BCUT2D eigenvalue weighted by molar-refractivity contribution is 4.98. The van der Waals surface area contributed by atoms with E-state index in [0.717, 1.165) is 0 Å². The normalized spacial score (nSPS) is 42.7. The Morgan fingerprint density at radius 2 is 1.73 bits per heavy atom. The summed E-state index contributed by atoms with van der Waals surface area (Å²) >= 11 is 0. The Morgan fingerprint density at radius 3 is 2.36 bits per heavy atom. The summed E-state index contributed by atoms with van der Waals surface area (Å²) < 4.78 is 40.3. The Labute approximate surface area is 131 Å². The summed E-state index contributed by atoms with van der Waals surface area (Å²) in [4.78, 5) is 0. The number of methoxy groups -OCH3 is 1. The molecular weight excluding hydrogens is 292 g/mol. The van der Waals surface area contributed by atoms with Crippen LogP contribution in [-0.4, -0.2) is 69.2 Å². The smallest absolute Gasteiger partial charge is 0.190 e. The largest absolute Gasteiger partial charge is 0.382 e. The molecule has 1 unspecified atom stereocenters. The SMILES string of the molecule is COCCO[C@@H]1[C@@H]([C@H]2COC(C)(C)O2)OC2OC(C)(C)O[C@@H]21. The van der Waals surface area contributed by atoms with E-state index in [1.54, 1.807) is 7.11 Å². The molecule has 0 aromatic heterocycles. The fourth-order valence-corrected chi connectivity index (χ4v) is 3.14. The molecule has 0 aliphatic carbocycles. The highest BCUT2D eigenvalue weighted by atomic mass is 16.8. The zero-order valence-corrected chi connectivity index (χ0v) is 13.9. The third-order valence-electron chi connectivity index (χ3n) is 4.02.